The van der Waals surface area contributed by atoms with Crippen LogP contribution in [0.2, 0.25) is 0 Å². The number of hydrogen-bond donors (Lipinski definition) is 1. The number of thiazole rings is 1. The van der Waals surface area contributed by atoms with Crippen LogP contribution in [0.1, 0.15) is 5.56 Å². The molecule has 0 atom stereocenters. The van der Waals surface area contributed by atoms with Crippen LogP contribution in [-0.4, -0.2) is 29.9 Å². The van der Waals surface area contributed by atoms with Crippen molar-refractivity contribution in [2.24, 2.45) is 0 Å². The van der Waals surface area contributed by atoms with Crippen LogP contribution in [0.15, 0.2) is 58.3 Å². The van der Waals surface area contributed by atoms with Crippen LogP contribution in [0.5, 0.6) is 0 Å². The highest BCUT2D eigenvalue weighted by Gasteiger charge is 2.18. The molecule has 26 heavy (non-hydrogen) atoms. The highest BCUT2D eigenvalue weighted by atomic mass is 32.1. The molecule has 0 unspecified atom stereocenters. The lowest BCUT2D eigenvalue weighted by molar-refractivity contribution is 0.697. The van der Waals surface area contributed by atoms with Crippen LogP contribution in [0, 0.1) is 0 Å². The first-order chi connectivity index (χ1) is 12.8. The molecule has 0 aliphatic carbocycles. The fraction of sp³-hybridized carbons (Fsp3) is 0.0556. The number of rotatable bonds is 3. The number of aromatic amines is 1. The van der Waals surface area contributed by atoms with Crippen molar-refractivity contribution >= 4 is 22.2 Å². The summed E-state index contributed by atoms with van der Waals surface area (Å²) < 4.78 is 1.81. The zero-order chi connectivity index (χ0) is 17.5. The quantitative estimate of drug-likeness (QED) is 0.534. The molecular weight excluding hydrogens is 348 g/mol. The summed E-state index contributed by atoms with van der Waals surface area (Å²) in [6.45, 7) is 0.505. The van der Waals surface area contributed by atoms with Crippen LogP contribution in [0.4, 0.5) is 0 Å². The third-order valence-corrected chi connectivity index (χ3v) is 4.80. The van der Waals surface area contributed by atoms with E-state index >= 15 is 0 Å². The summed E-state index contributed by atoms with van der Waals surface area (Å²) >= 11 is 1.54. The Morgan fingerprint density at radius 1 is 1.04 bits per heavy atom. The Morgan fingerprint density at radius 3 is 2.77 bits per heavy atom. The van der Waals surface area contributed by atoms with Crippen molar-refractivity contribution in [1.29, 1.82) is 0 Å². The Hall–Kier alpha value is -3.39. The topological polar surface area (TPSA) is 89.4 Å². The second-order valence-electron chi connectivity index (χ2n) is 5.85. The van der Waals surface area contributed by atoms with E-state index in [9.17, 15) is 4.79 Å². The van der Waals surface area contributed by atoms with Gasteiger partial charge in [0.1, 0.15) is 5.69 Å². The predicted molar refractivity (Wildman–Crippen MR) is 99.2 cm³/mol. The first-order valence-electron chi connectivity index (χ1n) is 7.97. The summed E-state index contributed by atoms with van der Waals surface area (Å²) in [6.07, 6.45) is 1.82. The lowest BCUT2D eigenvalue weighted by Crippen LogP contribution is -2.13. The summed E-state index contributed by atoms with van der Waals surface area (Å²) in [4.78, 5) is 20.8. The highest BCUT2D eigenvalue weighted by molar-refractivity contribution is 7.07. The van der Waals surface area contributed by atoms with E-state index in [1.54, 1.807) is 16.8 Å². The van der Waals surface area contributed by atoms with E-state index in [0.29, 0.717) is 17.9 Å². The third-order valence-electron chi connectivity index (χ3n) is 4.22. The van der Waals surface area contributed by atoms with E-state index in [-0.39, 0.29) is 5.56 Å². The Labute approximate surface area is 151 Å². The predicted octanol–water partition coefficient (Wildman–Crippen LogP) is 2.79. The molecule has 1 N–H and O–H groups in total. The van der Waals surface area contributed by atoms with Gasteiger partial charge in [0.05, 0.1) is 29.0 Å². The average Bonchev–Trinajstić information content (AvgIpc) is 3.33. The minimum Gasteiger partial charge on any atom is -0.265 e. The Morgan fingerprint density at radius 2 is 1.96 bits per heavy atom. The lowest BCUT2D eigenvalue weighted by Gasteiger charge is -2.12. The maximum atomic E-state index is 12.0. The van der Waals surface area contributed by atoms with Crippen molar-refractivity contribution < 1.29 is 0 Å². The van der Waals surface area contributed by atoms with Gasteiger partial charge in [-0.05, 0) is 17.7 Å². The zero-order valence-electron chi connectivity index (χ0n) is 13.5. The highest BCUT2D eigenvalue weighted by Crippen LogP contribution is 2.25. The maximum absolute atomic E-state index is 12.0. The van der Waals surface area contributed by atoms with Crippen LogP contribution in [-0.2, 0) is 6.54 Å². The Bertz CT molecular complexity index is 1220. The average molecular weight is 360 g/mol. The van der Waals surface area contributed by atoms with Gasteiger partial charge in [-0.2, -0.15) is 10.2 Å². The minimum absolute atomic E-state index is 0.281. The van der Waals surface area contributed by atoms with Gasteiger partial charge in [-0.25, -0.2) is 10.1 Å². The second-order valence-corrected chi connectivity index (χ2v) is 6.57. The smallest absolute Gasteiger partial charge is 0.265 e. The van der Waals surface area contributed by atoms with Gasteiger partial charge < -0.3 is 0 Å². The SMILES string of the molecule is O=c1[nH]nc2c3ccccc3n(Cc3ccc(-c4cscn4)nc3)nc1-2. The van der Waals surface area contributed by atoms with Gasteiger partial charge in [0.2, 0.25) is 0 Å². The summed E-state index contributed by atoms with van der Waals surface area (Å²) in [7, 11) is 0. The number of nitrogens with zero attached hydrogens (tertiary/aromatic N) is 5. The molecule has 126 valence electrons. The van der Waals surface area contributed by atoms with Crippen LogP contribution >= 0.6 is 11.3 Å². The van der Waals surface area contributed by atoms with E-state index in [4.69, 9.17) is 0 Å². The Kier molecular flexibility index (Phi) is 3.36. The van der Waals surface area contributed by atoms with E-state index in [0.717, 1.165) is 27.9 Å². The third kappa shape index (κ3) is 2.39. The maximum Gasteiger partial charge on any atom is 0.294 e. The number of pyridine rings is 1. The van der Waals surface area contributed by atoms with Crippen molar-refractivity contribution in [3.63, 3.8) is 0 Å². The number of H-pyrrole nitrogens is 1. The molecule has 0 saturated heterocycles. The van der Waals surface area contributed by atoms with E-state index in [1.807, 2.05) is 52.7 Å². The zero-order valence-corrected chi connectivity index (χ0v) is 14.3. The molecule has 8 heteroatoms. The van der Waals surface area contributed by atoms with Gasteiger partial charge >= 0.3 is 0 Å². The fourth-order valence-electron chi connectivity index (χ4n) is 2.98. The van der Waals surface area contributed by atoms with Gasteiger partial charge in [-0.15, -0.1) is 11.3 Å². The number of hydrogen-bond acceptors (Lipinski definition) is 6. The molecular formula is C18H12N6OS. The molecule has 0 spiro atoms. The summed E-state index contributed by atoms with van der Waals surface area (Å²) in [5.74, 6) is 0. The van der Waals surface area contributed by atoms with Crippen molar-refractivity contribution in [3.8, 4) is 22.8 Å². The van der Waals surface area contributed by atoms with E-state index in [1.165, 1.54) is 0 Å². The van der Waals surface area contributed by atoms with E-state index in [2.05, 4.69) is 25.3 Å². The minimum atomic E-state index is -0.281. The second kappa shape index (κ2) is 5.85. The summed E-state index contributed by atoms with van der Waals surface area (Å²) in [6, 6.07) is 11.7. The van der Waals surface area contributed by atoms with Crippen LogP contribution in [0.25, 0.3) is 33.7 Å². The molecule has 3 aromatic rings. The number of benzene rings is 1. The van der Waals surface area contributed by atoms with Gasteiger partial charge in [-0.1, -0.05) is 24.3 Å². The van der Waals surface area contributed by atoms with Gasteiger partial charge in [-0.3, -0.25) is 14.5 Å². The number of nitrogens with one attached hydrogen (secondary N) is 1. The first kappa shape index (κ1) is 14.9. The van der Waals surface area contributed by atoms with Crippen molar-refractivity contribution in [2.45, 2.75) is 6.54 Å². The molecule has 1 aromatic carbocycles. The van der Waals surface area contributed by atoms with Crippen LogP contribution in [0.3, 0.4) is 0 Å². The number of aromatic nitrogens is 6. The fourth-order valence-corrected chi connectivity index (χ4v) is 3.52. The normalized spacial score (nSPS) is 11.4. The summed E-state index contributed by atoms with van der Waals surface area (Å²) in [5, 5.41) is 13.9. The first-order valence-corrected chi connectivity index (χ1v) is 8.91. The van der Waals surface area contributed by atoms with Crippen molar-refractivity contribution in [1.82, 2.24) is 29.9 Å². The molecule has 4 heterocycles. The monoisotopic (exact) mass is 360 g/mol. The lowest BCUT2D eigenvalue weighted by atomic mass is 10.1. The molecule has 7 nitrogen and oxygen atoms in total. The molecule has 2 aromatic heterocycles. The molecule has 0 saturated carbocycles. The van der Waals surface area contributed by atoms with E-state index < -0.39 is 0 Å². The van der Waals surface area contributed by atoms with Gasteiger partial charge in [0.25, 0.3) is 5.56 Å². The largest absolute Gasteiger partial charge is 0.294 e. The summed E-state index contributed by atoms with van der Waals surface area (Å²) in [5.41, 5.74) is 6.05. The molecule has 0 bridgehead atoms. The van der Waals surface area contributed by atoms with Gasteiger partial charge in [0.15, 0.2) is 5.69 Å². The molecule has 0 fully saturated rings. The molecule has 0 amide bonds. The van der Waals surface area contributed by atoms with Crippen molar-refractivity contribution in [3.05, 3.63) is 69.4 Å². The van der Waals surface area contributed by atoms with Crippen LogP contribution < -0.4 is 5.56 Å². The number of para-hydroxylation sites is 1. The van der Waals surface area contributed by atoms with Crippen molar-refractivity contribution in [2.75, 3.05) is 0 Å². The Balaban J connectivity index is 1.59. The molecule has 2 aliphatic rings. The molecule has 5 rings (SSSR count). The molecule has 2 aliphatic heterocycles. The number of fused-ring (bicyclic) bond motifs is 3. The van der Waals surface area contributed by atoms with Gasteiger partial charge in [0, 0.05) is 17.0 Å². The standard InChI is InChI=1S/C18H12N6OS/c25-18-17-16(21-22-18)12-3-1-2-4-15(12)24(23-17)8-11-5-6-13(19-7-11)14-9-26-10-20-14/h1-7,9-10H,8H2,(H,22,25). The molecule has 0 radical (unpaired) electrons.